The third-order valence-electron chi connectivity index (χ3n) is 2.92. The zero-order chi connectivity index (χ0) is 13.4. The Hall–Kier alpha value is -1.09. The molecule has 0 amide bonds. The summed E-state index contributed by atoms with van der Waals surface area (Å²) in [5.41, 5.74) is 7.58. The van der Waals surface area contributed by atoms with Crippen LogP contribution < -0.4 is 11.3 Å². The van der Waals surface area contributed by atoms with Gasteiger partial charge in [-0.3, -0.25) is 4.79 Å². The molecule has 1 rings (SSSR count). The van der Waals surface area contributed by atoms with Crippen molar-refractivity contribution in [2.24, 2.45) is 5.73 Å². The molecule has 1 heterocycles. The van der Waals surface area contributed by atoms with Gasteiger partial charge in [0.2, 0.25) is 0 Å². The van der Waals surface area contributed by atoms with Crippen molar-refractivity contribution < 1.29 is 0 Å². The van der Waals surface area contributed by atoms with Gasteiger partial charge >= 0.3 is 0 Å². The third-order valence-corrected chi connectivity index (χ3v) is 2.92. The molecule has 3 nitrogen and oxygen atoms in total. The van der Waals surface area contributed by atoms with Gasteiger partial charge in [0.25, 0.3) is 5.56 Å². The van der Waals surface area contributed by atoms with Crippen LogP contribution in [0.3, 0.4) is 0 Å². The minimum atomic E-state index is -0.221. The van der Waals surface area contributed by atoms with E-state index in [1.807, 2.05) is 37.5 Å². The maximum absolute atomic E-state index is 12.4. The van der Waals surface area contributed by atoms with Crippen molar-refractivity contribution in [3.05, 3.63) is 33.7 Å². The first kappa shape index (κ1) is 14.0. The highest BCUT2D eigenvalue weighted by Gasteiger charge is 2.22. The molecule has 17 heavy (non-hydrogen) atoms. The van der Waals surface area contributed by atoms with E-state index >= 15 is 0 Å². The van der Waals surface area contributed by atoms with Gasteiger partial charge in [0, 0.05) is 28.8 Å². The summed E-state index contributed by atoms with van der Waals surface area (Å²) in [4.78, 5) is 12.4. The van der Waals surface area contributed by atoms with Crippen molar-refractivity contribution in [1.29, 1.82) is 0 Å². The first-order valence-electron chi connectivity index (χ1n) is 6.17. The van der Waals surface area contributed by atoms with Gasteiger partial charge in [-0.1, -0.05) is 26.8 Å². The van der Waals surface area contributed by atoms with Crippen LogP contribution in [-0.4, -0.2) is 4.57 Å². The first-order valence-corrected chi connectivity index (χ1v) is 6.17. The summed E-state index contributed by atoms with van der Waals surface area (Å²) in [6.07, 6.45) is 0. The molecule has 0 aliphatic carbocycles. The molecule has 0 aliphatic heterocycles. The highest BCUT2D eigenvalue weighted by Crippen LogP contribution is 2.24. The van der Waals surface area contributed by atoms with Gasteiger partial charge in [0.05, 0.1) is 0 Å². The molecule has 3 heteroatoms. The maximum atomic E-state index is 12.4. The maximum Gasteiger partial charge on any atom is 0.255 e. The molecule has 1 aromatic heterocycles. The number of nitrogens with zero attached hydrogens (tertiary/aromatic N) is 1. The number of nitrogens with two attached hydrogens (primary N) is 1. The molecule has 1 unspecified atom stereocenters. The topological polar surface area (TPSA) is 48.0 Å². The lowest BCUT2D eigenvalue weighted by Crippen LogP contribution is -2.34. The second kappa shape index (κ2) is 4.65. The molecule has 0 aromatic carbocycles. The zero-order valence-electron chi connectivity index (χ0n) is 11.7. The molecule has 0 bridgehead atoms. The standard InChI is InChI=1S/C14H24N2O/c1-9(2)16-12(14(4,5)6)8-7-11(10(3)15)13(16)17/h7-10H,15H2,1-6H3. The van der Waals surface area contributed by atoms with E-state index in [-0.39, 0.29) is 23.1 Å². The summed E-state index contributed by atoms with van der Waals surface area (Å²) in [6.45, 7) is 12.3. The van der Waals surface area contributed by atoms with Crippen LogP contribution in [0.25, 0.3) is 0 Å². The van der Waals surface area contributed by atoms with E-state index in [0.717, 1.165) is 5.69 Å². The highest BCUT2D eigenvalue weighted by molar-refractivity contribution is 5.23. The molecule has 0 fully saturated rings. The number of rotatable bonds is 2. The Morgan fingerprint density at radius 3 is 2.06 bits per heavy atom. The molecule has 0 saturated heterocycles. The smallest absolute Gasteiger partial charge is 0.255 e. The van der Waals surface area contributed by atoms with Gasteiger partial charge in [-0.2, -0.15) is 0 Å². The van der Waals surface area contributed by atoms with Gasteiger partial charge in [0.1, 0.15) is 0 Å². The van der Waals surface area contributed by atoms with Crippen molar-refractivity contribution >= 4 is 0 Å². The van der Waals surface area contributed by atoms with Gasteiger partial charge in [0.15, 0.2) is 0 Å². The zero-order valence-corrected chi connectivity index (χ0v) is 11.7. The lowest BCUT2D eigenvalue weighted by atomic mass is 9.90. The number of aromatic nitrogens is 1. The predicted octanol–water partition coefficient (Wildman–Crippen LogP) is 2.75. The Kier molecular flexibility index (Phi) is 3.82. The molecule has 1 atom stereocenters. The lowest BCUT2D eigenvalue weighted by Gasteiger charge is -2.27. The van der Waals surface area contributed by atoms with Crippen molar-refractivity contribution in [2.75, 3.05) is 0 Å². The molecular weight excluding hydrogens is 212 g/mol. The lowest BCUT2D eigenvalue weighted by molar-refractivity contribution is 0.463. The fraction of sp³-hybridized carbons (Fsp3) is 0.643. The minimum Gasteiger partial charge on any atom is -0.324 e. The van der Waals surface area contributed by atoms with Crippen LogP contribution in [0.15, 0.2) is 16.9 Å². The molecule has 1 aromatic rings. The van der Waals surface area contributed by atoms with Gasteiger partial charge in [-0.15, -0.1) is 0 Å². The number of hydrogen-bond acceptors (Lipinski definition) is 2. The second-order valence-electron chi connectivity index (χ2n) is 5.98. The van der Waals surface area contributed by atoms with Gasteiger partial charge < -0.3 is 10.3 Å². The van der Waals surface area contributed by atoms with Crippen LogP contribution in [-0.2, 0) is 5.41 Å². The van der Waals surface area contributed by atoms with Crippen LogP contribution in [0.5, 0.6) is 0 Å². The Morgan fingerprint density at radius 2 is 1.71 bits per heavy atom. The van der Waals surface area contributed by atoms with Crippen molar-refractivity contribution in [3.8, 4) is 0 Å². The van der Waals surface area contributed by atoms with E-state index < -0.39 is 0 Å². The van der Waals surface area contributed by atoms with Crippen molar-refractivity contribution in [2.45, 2.75) is 59.0 Å². The summed E-state index contributed by atoms with van der Waals surface area (Å²) in [7, 11) is 0. The minimum absolute atomic E-state index is 0.0419. The Morgan fingerprint density at radius 1 is 1.18 bits per heavy atom. The van der Waals surface area contributed by atoms with Crippen molar-refractivity contribution in [3.63, 3.8) is 0 Å². The fourth-order valence-electron chi connectivity index (χ4n) is 2.04. The van der Waals surface area contributed by atoms with Crippen LogP contribution in [0, 0.1) is 0 Å². The predicted molar refractivity (Wildman–Crippen MR) is 72.4 cm³/mol. The molecule has 0 spiro atoms. The molecular formula is C14H24N2O. The van der Waals surface area contributed by atoms with Crippen LogP contribution in [0.4, 0.5) is 0 Å². The fourth-order valence-corrected chi connectivity index (χ4v) is 2.04. The average molecular weight is 236 g/mol. The van der Waals surface area contributed by atoms with E-state index in [2.05, 4.69) is 20.8 Å². The van der Waals surface area contributed by atoms with E-state index in [0.29, 0.717) is 5.56 Å². The second-order valence-corrected chi connectivity index (χ2v) is 5.98. The Balaban J connectivity index is 3.58. The van der Waals surface area contributed by atoms with Crippen LogP contribution in [0.2, 0.25) is 0 Å². The summed E-state index contributed by atoms with van der Waals surface area (Å²) in [6, 6.07) is 3.82. The van der Waals surface area contributed by atoms with E-state index in [9.17, 15) is 4.79 Å². The molecule has 2 N–H and O–H groups in total. The SMILES string of the molecule is CC(N)c1ccc(C(C)(C)C)n(C(C)C)c1=O. The first-order chi connectivity index (χ1) is 7.66. The van der Waals surface area contributed by atoms with Gasteiger partial charge in [-0.25, -0.2) is 0 Å². The Labute approximate surface area is 104 Å². The monoisotopic (exact) mass is 236 g/mol. The summed E-state index contributed by atoms with van der Waals surface area (Å²) in [5, 5.41) is 0. The molecule has 0 aliphatic rings. The normalized spacial score (nSPS) is 14.1. The molecule has 0 radical (unpaired) electrons. The van der Waals surface area contributed by atoms with Crippen LogP contribution >= 0.6 is 0 Å². The summed E-state index contributed by atoms with van der Waals surface area (Å²) >= 11 is 0. The van der Waals surface area contributed by atoms with E-state index in [1.165, 1.54) is 0 Å². The van der Waals surface area contributed by atoms with Gasteiger partial charge in [-0.05, 0) is 26.8 Å². The number of hydrogen-bond donors (Lipinski definition) is 1. The largest absolute Gasteiger partial charge is 0.324 e. The summed E-state index contributed by atoms with van der Waals surface area (Å²) < 4.78 is 1.86. The van der Waals surface area contributed by atoms with Crippen LogP contribution in [0.1, 0.15) is 64.9 Å². The van der Waals surface area contributed by atoms with E-state index in [1.54, 1.807) is 0 Å². The average Bonchev–Trinajstić information content (AvgIpc) is 2.14. The highest BCUT2D eigenvalue weighted by atomic mass is 16.1. The quantitative estimate of drug-likeness (QED) is 0.858. The third kappa shape index (κ3) is 2.78. The summed E-state index contributed by atoms with van der Waals surface area (Å²) in [5.74, 6) is 0. The molecule has 96 valence electrons. The number of pyridine rings is 1. The van der Waals surface area contributed by atoms with E-state index in [4.69, 9.17) is 5.73 Å². The Bertz CT molecular complexity index is 450. The van der Waals surface area contributed by atoms with Crippen molar-refractivity contribution in [1.82, 2.24) is 4.57 Å². The molecule has 0 saturated carbocycles.